The molecule has 0 saturated heterocycles. The zero-order chi connectivity index (χ0) is 10.2. The average molecular weight is 187 g/mol. The van der Waals surface area contributed by atoms with Crippen LogP contribution in [0.25, 0.3) is 11.1 Å². The highest BCUT2D eigenvalue weighted by atomic mass is 16.4. The van der Waals surface area contributed by atoms with Gasteiger partial charge in [0.05, 0.1) is 0 Å². The van der Waals surface area contributed by atoms with Crippen molar-refractivity contribution in [2.45, 2.75) is 0 Å². The van der Waals surface area contributed by atoms with E-state index in [2.05, 4.69) is 54.4 Å². The van der Waals surface area contributed by atoms with Gasteiger partial charge in [-0.05, 0) is 11.1 Å². The zero-order valence-corrected chi connectivity index (χ0v) is 7.80. The predicted molar refractivity (Wildman–Crippen MR) is 57.9 cm³/mol. The summed E-state index contributed by atoms with van der Waals surface area (Å²) < 4.78 is 0. The monoisotopic (exact) mass is 187 g/mol. The van der Waals surface area contributed by atoms with Gasteiger partial charge in [-0.1, -0.05) is 60.7 Å². The van der Waals surface area contributed by atoms with Crippen LogP contribution in [0, 0.1) is 0 Å². The third-order valence-corrected chi connectivity index (χ3v) is 1.88. The number of benzene rings is 2. The molecule has 2 aromatic carbocycles. The summed E-state index contributed by atoms with van der Waals surface area (Å²) in [4.78, 5) is 0. The Hall–Kier alpha value is -1.64. The van der Waals surface area contributed by atoms with E-state index >= 15 is 0 Å². The number of hydrogen-bond donors (Lipinski definition) is 2. The normalized spacial score (nSPS) is 8.71. The summed E-state index contributed by atoms with van der Waals surface area (Å²) in [6.45, 7) is 0. The van der Waals surface area contributed by atoms with E-state index < -0.39 is 0 Å². The van der Waals surface area contributed by atoms with Crippen molar-refractivity contribution >= 4 is 0 Å². The first kappa shape index (κ1) is 10.4. The van der Waals surface area contributed by atoms with Gasteiger partial charge in [-0.25, -0.2) is 5.90 Å². The molecule has 0 aliphatic carbocycles. The Morgan fingerprint density at radius 2 is 0.857 bits per heavy atom. The molecule has 0 amide bonds. The molecule has 0 unspecified atom stereocenters. The van der Waals surface area contributed by atoms with Crippen molar-refractivity contribution in [1.82, 2.24) is 0 Å². The summed E-state index contributed by atoms with van der Waals surface area (Å²) in [6.07, 6.45) is 0. The van der Waals surface area contributed by atoms with Crippen LogP contribution >= 0.6 is 0 Å². The van der Waals surface area contributed by atoms with Gasteiger partial charge in [0.15, 0.2) is 0 Å². The Labute approximate surface area is 83.6 Å². The molecule has 2 nitrogen and oxygen atoms in total. The summed E-state index contributed by atoms with van der Waals surface area (Å²) >= 11 is 0. The second kappa shape index (κ2) is 5.91. The van der Waals surface area contributed by atoms with E-state index in [0.29, 0.717) is 0 Å². The maximum absolute atomic E-state index is 6.50. The van der Waals surface area contributed by atoms with Crippen LogP contribution in [0.1, 0.15) is 0 Å². The van der Waals surface area contributed by atoms with Crippen molar-refractivity contribution in [3.05, 3.63) is 60.7 Å². The molecular formula is C12H13NO. The molecule has 0 atom stereocenters. The Kier molecular flexibility index (Phi) is 4.41. The zero-order valence-electron chi connectivity index (χ0n) is 7.80. The van der Waals surface area contributed by atoms with Crippen LogP contribution < -0.4 is 5.90 Å². The maximum atomic E-state index is 6.50. The van der Waals surface area contributed by atoms with Crippen LogP contribution in [0.2, 0.25) is 0 Å². The van der Waals surface area contributed by atoms with Crippen LogP contribution in [0.15, 0.2) is 60.7 Å². The van der Waals surface area contributed by atoms with Crippen LogP contribution in [-0.2, 0) is 0 Å². The lowest BCUT2D eigenvalue weighted by atomic mass is 10.1. The van der Waals surface area contributed by atoms with Crippen molar-refractivity contribution in [2.75, 3.05) is 0 Å². The fourth-order valence-electron chi connectivity index (χ4n) is 1.26. The standard InChI is InChI=1S/C12H10.H3NO/c1-3-7-11(8-4-1)12-9-5-2-6-10-12;1-2/h1-10H;2H,1H2. The number of hydrogen-bond acceptors (Lipinski definition) is 2. The molecule has 2 rings (SSSR count). The van der Waals surface area contributed by atoms with E-state index in [0.717, 1.165) is 0 Å². The minimum atomic E-state index is 1.28. The van der Waals surface area contributed by atoms with Gasteiger partial charge in [-0.15, -0.1) is 0 Å². The van der Waals surface area contributed by atoms with Gasteiger partial charge in [0, 0.05) is 0 Å². The molecule has 14 heavy (non-hydrogen) atoms. The Bertz CT molecular complexity index is 308. The van der Waals surface area contributed by atoms with E-state index in [4.69, 9.17) is 5.21 Å². The molecule has 0 heterocycles. The highest BCUT2D eigenvalue weighted by Crippen LogP contribution is 2.17. The number of rotatable bonds is 1. The van der Waals surface area contributed by atoms with Gasteiger partial charge in [0.2, 0.25) is 0 Å². The number of nitrogens with two attached hydrogens (primary N) is 1. The molecule has 0 aliphatic heterocycles. The fourth-order valence-corrected chi connectivity index (χ4v) is 1.26. The van der Waals surface area contributed by atoms with Crippen molar-refractivity contribution < 1.29 is 5.21 Å². The van der Waals surface area contributed by atoms with Crippen molar-refractivity contribution in [1.29, 1.82) is 0 Å². The summed E-state index contributed by atoms with van der Waals surface area (Å²) in [7, 11) is 0. The average Bonchev–Trinajstić information content (AvgIpc) is 2.34. The lowest BCUT2D eigenvalue weighted by molar-refractivity contribution is 0.311. The molecule has 0 bridgehead atoms. The van der Waals surface area contributed by atoms with E-state index in [1.54, 1.807) is 0 Å². The highest BCUT2D eigenvalue weighted by molar-refractivity contribution is 5.62. The van der Waals surface area contributed by atoms with Crippen LogP contribution in [-0.4, -0.2) is 5.21 Å². The minimum Gasteiger partial charge on any atom is -0.320 e. The largest absolute Gasteiger partial charge is 0.320 e. The van der Waals surface area contributed by atoms with Crippen LogP contribution in [0.3, 0.4) is 0 Å². The Balaban J connectivity index is 0.000000461. The molecule has 3 N–H and O–H groups in total. The summed E-state index contributed by atoms with van der Waals surface area (Å²) in [5.41, 5.74) is 2.55. The van der Waals surface area contributed by atoms with Gasteiger partial charge >= 0.3 is 0 Å². The van der Waals surface area contributed by atoms with Gasteiger partial charge in [-0.2, -0.15) is 0 Å². The third kappa shape index (κ3) is 2.69. The van der Waals surface area contributed by atoms with Gasteiger partial charge in [0.1, 0.15) is 0 Å². The summed E-state index contributed by atoms with van der Waals surface area (Å²) in [5.74, 6) is 3.50. The summed E-state index contributed by atoms with van der Waals surface area (Å²) in [6, 6.07) is 20.8. The maximum Gasteiger partial charge on any atom is -0.0184 e. The fraction of sp³-hybridized carbons (Fsp3) is 0. The third-order valence-electron chi connectivity index (χ3n) is 1.88. The summed E-state index contributed by atoms with van der Waals surface area (Å²) in [5, 5.41) is 6.50. The first-order valence-corrected chi connectivity index (χ1v) is 4.33. The van der Waals surface area contributed by atoms with E-state index in [1.165, 1.54) is 11.1 Å². The quantitative estimate of drug-likeness (QED) is 0.674. The first-order valence-electron chi connectivity index (χ1n) is 4.33. The highest BCUT2D eigenvalue weighted by Gasteiger charge is 1.91. The minimum absolute atomic E-state index is 1.28. The lowest BCUT2D eigenvalue weighted by Crippen LogP contribution is -1.73. The van der Waals surface area contributed by atoms with E-state index in [9.17, 15) is 0 Å². The van der Waals surface area contributed by atoms with Gasteiger partial charge in [0.25, 0.3) is 0 Å². The topological polar surface area (TPSA) is 46.2 Å². The molecule has 2 heteroatoms. The molecule has 0 fully saturated rings. The van der Waals surface area contributed by atoms with Crippen LogP contribution in [0.4, 0.5) is 0 Å². The van der Waals surface area contributed by atoms with Crippen molar-refractivity contribution in [2.24, 2.45) is 5.90 Å². The van der Waals surface area contributed by atoms with E-state index in [1.807, 2.05) is 12.1 Å². The molecule has 72 valence electrons. The first-order chi connectivity index (χ1) is 6.97. The molecule has 0 saturated carbocycles. The van der Waals surface area contributed by atoms with Crippen molar-refractivity contribution in [3.63, 3.8) is 0 Å². The van der Waals surface area contributed by atoms with Gasteiger partial charge < -0.3 is 5.21 Å². The second-order valence-corrected chi connectivity index (χ2v) is 2.73. The van der Waals surface area contributed by atoms with E-state index in [-0.39, 0.29) is 0 Å². The molecule has 0 spiro atoms. The SMILES string of the molecule is NO.c1ccc(-c2ccccc2)cc1. The molecule has 0 radical (unpaired) electrons. The predicted octanol–water partition coefficient (Wildman–Crippen LogP) is 2.69. The molecular weight excluding hydrogens is 174 g/mol. The van der Waals surface area contributed by atoms with Gasteiger partial charge in [-0.3, -0.25) is 0 Å². The van der Waals surface area contributed by atoms with Crippen molar-refractivity contribution in [3.8, 4) is 11.1 Å². The molecule has 0 aromatic heterocycles. The molecule has 0 aliphatic rings. The van der Waals surface area contributed by atoms with Crippen LogP contribution in [0.5, 0.6) is 0 Å². The smallest absolute Gasteiger partial charge is 0.0184 e. The Morgan fingerprint density at radius 3 is 1.14 bits per heavy atom. The lowest BCUT2D eigenvalue weighted by Gasteiger charge is -1.98. The second-order valence-electron chi connectivity index (χ2n) is 2.73. The Morgan fingerprint density at radius 1 is 0.571 bits per heavy atom. The molecule has 2 aromatic rings.